The van der Waals surface area contributed by atoms with E-state index < -0.39 is 5.25 Å². The smallest absolute Gasteiger partial charge is 0.240 e. The van der Waals surface area contributed by atoms with Crippen LogP contribution in [0.15, 0.2) is 52.7 Å². The molecular weight excluding hydrogens is 447 g/mol. The van der Waals surface area contributed by atoms with Gasteiger partial charge in [0.1, 0.15) is 11.0 Å². The summed E-state index contributed by atoms with van der Waals surface area (Å²) in [5.41, 5.74) is 1.95. The fourth-order valence-corrected chi connectivity index (χ4v) is 3.83. The Labute approximate surface area is 187 Å². The van der Waals surface area contributed by atoms with Crippen molar-refractivity contribution in [3.05, 3.63) is 58.1 Å². The third kappa shape index (κ3) is 5.53. The highest BCUT2D eigenvalue weighted by atomic mass is 35.5. The van der Waals surface area contributed by atoms with Gasteiger partial charge in [-0.2, -0.15) is 5.10 Å². The summed E-state index contributed by atoms with van der Waals surface area (Å²) in [5, 5.41) is 13.9. The van der Waals surface area contributed by atoms with E-state index in [-0.39, 0.29) is 23.3 Å². The first-order valence-corrected chi connectivity index (χ1v) is 10.5. The summed E-state index contributed by atoms with van der Waals surface area (Å²) in [7, 11) is 1.60. The topological polar surface area (TPSA) is 92.2 Å². The summed E-state index contributed by atoms with van der Waals surface area (Å²) in [5.74, 6) is 0.0889. The van der Waals surface area contributed by atoms with Gasteiger partial charge in [-0.1, -0.05) is 41.0 Å². The molecule has 0 radical (unpaired) electrons. The molecule has 2 amide bonds. The van der Waals surface area contributed by atoms with Gasteiger partial charge in [0.05, 0.1) is 28.6 Å². The number of rotatable bonds is 6. The van der Waals surface area contributed by atoms with Crippen LogP contribution in [0.3, 0.4) is 0 Å². The number of thioether (sulfide) groups is 1. The Hall–Kier alpha value is -2.55. The molecule has 1 unspecified atom stereocenters. The van der Waals surface area contributed by atoms with Gasteiger partial charge in [-0.05, 0) is 48.9 Å². The zero-order valence-corrected chi connectivity index (χ0v) is 18.4. The van der Waals surface area contributed by atoms with E-state index in [2.05, 4.69) is 20.8 Å². The maximum atomic E-state index is 12.3. The molecule has 0 bridgehead atoms. The highest BCUT2D eigenvalue weighted by molar-refractivity contribution is 8.15. The minimum Gasteiger partial charge on any atom is -0.497 e. The quantitative estimate of drug-likeness (QED) is 0.491. The molecule has 1 heterocycles. The van der Waals surface area contributed by atoms with Gasteiger partial charge in [0.25, 0.3) is 0 Å². The van der Waals surface area contributed by atoms with E-state index in [1.807, 2.05) is 31.2 Å². The molecule has 1 aliphatic rings. The Balaban J connectivity index is 1.61. The van der Waals surface area contributed by atoms with Gasteiger partial charge in [0, 0.05) is 6.42 Å². The van der Waals surface area contributed by atoms with E-state index in [4.69, 9.17) is 27.9 Å². The number of halogens is 2. The molecule has 0 aromatic heterocycles. The van der Waals surface area contributed by atoms with Crippen LogP contribution in [-0.2, 0) is 9.59 Å². The van der Waals surface area contributed by atoms with Crippen molar-refractivity contribution < 1.29 is 14.3 Å². The number of nitrogens with zero attached hydrogens (tertiary/aromatic N) is 2. The van der Waals surface area contributed by atoms with Gasteiger partial charge >= 0.3 is 0 Å². The second-order valence-electron chi connectivity index (χ2n) is 6.27. The fraction of sp³-hybridized carbons (Fsp3) is 0.200. The van der Waals surface area contributed by atoms with E-state index in [1.165, 1.54) is 0 Å². The first-order valence-electron chi connectivity index (χ1n) is 8.85. The number of nitrogens with one attached hydrogen (secondary N) is 2. The first kappa shape index (κ1) is 22.1. The largest absolute Gasteiger partial charge is 0.497 e. The molecular formula is C20H18Cl2N4O3S. The number of methoxy groups -OCH3 is 1. The molecule has 2 N–H and O–H groups in total. The summed E-state index contributed by atoms with van der Waals surface area (Å²) in [6.07, 6.45) is -0.0421. The van der Waals surface area contributed by atoms with Crippen molar-refractivity contribution in [1.82, 2.24) is 5.32 Å². The molecule has 10 heteroatoms. The first-order chi connectivity index (χ1) is 14.4. The fourth-order valence-electron chi connectivity index (χ4n) is 2.57. The number of amidine groups is 1. The molecule has 1 aliphatic heterocycles. The van der Waals surface area contributed by atoms with E-state index in [1.54, 1.807) is 25.3 Å². The van der Waals surface area contributed by atoms with Crippen molar-refractivity contribution in [2.75, 3.05) is 12.4 Å². The standard InChI is InChI=1S/C20H18Cl2N4O3S/c1-11(12-6-8-13(29-2)9-7-12)25-26-20-24-19(28)16(30-20)10-17(27)23-15-5-3-4-14(21)18(15)22/h3-9,16H,10H2,1-2H3,(H,23,27)(H,24,26,28). The Morgan fingerprint density at radius 3 is 2.67 bits per heavy atom. The van der Waals surface area contributed by atoms with Crippen LogP contribution < -0.4 is 15.4 Å². The Morgan fingerprint density at radius 1 is 1.23 bits per heavy atom. The molecule has 0 spiro atoms. The SMILES string of the molecule is COc1ccc(C(C)=N/N=C2/NC(=O)C(CC(=O)Nc3cccc(Cl)c3Cl)S2)cc1. The molecule has 1 atom stereocenters. The van der Waals surface area contributed by atoms with Gasteiger partial charge < -0.3 is 15.4 Å². The van der Waals surface area contributed by atoms with Crippen molar-refractivity contribution in [3.63, 3.8) is 0 Å². The molecule has 1 fully saturated rings. The van der Waals surface area contributed by atoms with Crippen molar-refractivity contribution in [1.29, 1.82) is 0 Å². The maximum absolute atomic E-state index is 12.3. The monoisotopic (exact) mass is 464 g/mol. The molecule has 2 aromatic rings. The maximum Gasteiger partial charge on any atom is 0.240 e. The molecule has 0 aliphatic carbocycles. The van der Waals surface area contributed by atoms with E-state index in [0.717, 1.165) is 23.1 Å². The number of amides is 2. The van der Waals surface area contributed by atoms with Crippen molar-refractivity contribution in [2.45, 2.75) is 18.6 Å². The molecule has 30 heavy (non-hydrogen) atoms. The zero-order valence-electron chi connectivity index (χ0n) is 16.1. The van der Waals surface area contributed by atoms with Crippen molar-refractivity contribution in [3.8, 4) is 5.75 Å². The van der Waals surface area contributed by atoms with Crippen LogP contribution in [0, 0.1) is 0 Å². The minimum absolute atomic E-state index is 0.0421. The van der Waals surface area contributed by atoms with Crippen molar-refractivity contribution in [2.24, 2.45) is 10.2 Å². The predicted molar refractivity (Wildman–Crippen MR) is 122 cm³/mol. The molecule has 0 saturated carbocycles. The number of benzene rings is 2. The average Bonchev–Trinajstić information content (AvgIpc) is 3.08. The molecule has 156 valence electrons. The lowest BCUT2D eigenvalue weighted by Gasteiger charge is -2.09. The third-order valence-corrected chi connectivity index (χ3v) is 6.06. The Bertz CT molecular complexity index is 1030. The van der Waals surface area contributed by atoms with Gasteiger partial charge in [-0.15, -0.1) is 5.10 Å². The second-order valence-corrected chi connectivity index (χ2v) is 8.25. The summed E-state index contributed by atoms with van der Waals surface area (Å²) >= 11 is 13.2. The summed E-state index contributed by atoms with van der Waals surface area (Å²) < 4.78 is 5.13. The van der Waals surface area contributed by atoms with Crippen LogP contribution in [0.5, 0.6) is 5.75 Å². The third-order valence-electron chi connectivity index (χ3n) is 4.17. The van der Waals surface area contributed by atoms with E-state index in [0.29, 0.717) is 21.6 Å². The number of hydrogen-bond acceptors (Lipinski definition) is 6. The highest BCUT2D eigenvalue weighted by Gasteiger charge is 2.32. The van der Waals surface area contributed by atoms with Crippen LogP contribution in [-0.4, -0.2) is 35.1 Å². The van der Waals surface area contributed by atoms with Crippen molar-refractivity contribution >= 4 is 63.3 Å². The minimum atomic E-state index is -0.613. The number of carbonyl (C=O) groups is 2. The number of hydrogen-bond donors (Lipinski definition) is 2. The lowest BCUT2D eigenvalue weighted by molar-refractivity contribution is -0.122. The molecule has 3 rings (SSSR count). The molecule has 1 saturated heterocycles. The van der Waals surface area contributed by atoms with Crippen LogP contribution in [0.25, 0.3) is 0 Å². The number of ether oxygens (including phenoxy) is 1. The Kier molecular flexibility index (Phi) is 7.36. The van der Waals surface area contributed by atoms with Crippen LogP contribution >= 0.6 is 35.0 Å². The zero-order chi connectivity index (χ0) is 21.7. The lowest BCUT2D eigenvalue weighted by Crippen LogP contribution is -2.28. The highest BCUT2D eigenvalue weighted by Crippen LogP contribution is 2.30. The normalized spacial score (nSPS) is 17.7. The number of anilines is 1. The summed E-state index contributed by atoms with van der Waals surface area (Å²) in [6, 6.07) is 12.3. The summed E-state index contributed by atoms with van der Waals surface area (Å²) in [6.45, 7) is 1.81. The summed E-state index contributed by atoms with van der Waals surface area (Å²) in [4.78, 5) is 24.5. The van der Waals surface area contributed by atoms with Gasteiger partial charge in [-0.3, -0.25) is 9.59 Å². The molecule has 7 nitrogen and oxygen atoms in total. The van der Waals surface area contributed by atoms with Crippen LogP contribution in [0.1, 0.15) is 18.9 Å². The second kappa shape index (κ2) is 9.97. The predicted octanol–water partition coefficient (Wildman–Crippen LogP) is 4.34. The van der Waals surface area contributed by atoms with E-state index >= 15 is 0 Å². The Morgan fingerprint density at radius 2 is 1.97 bits per heavy atom. The number of carbonyl (C=O) groups excluding carboxylic acids is 2. The van der Waals surface area contributed by atoms with Crippen LogP contribution in [0.2, 0.25) is 10.0 Å². The average molecular weight is 465 g/mol. The lowest BCUT2D eigenvalue weighted by atomic mass is 10.1. The van der Waals surface area contributed by atoms with Gasteiger partial charge in [0.15, 0.2) is 5.17 Å². The van der Waals surface area contributed by atoms with Gasteiger partial charge in [-0.25, -0.2) is 0 Å². The van der Waals surface area contributed by atoms with Crippen LogP contribution in [0.4, 0.5) is 5.69 Å². The van der Waals surface area contributed by atoms with E-state index in [9.17, 15) is 9.59 Å². The van der Waals surface area contributed by atoms with Gasteiger partial charge in [0.2, 0.25) is 11.8 Å². The molecule has 2 aromatic carbocycles.